The molecule has 1 N–H and O–H groups in total. The summed E-state index contributed by atoms with van der Waals surface area (Å²) in [6, 6.07) is 18.8. The molecule has 0 spiro atoms. The van der Waals surface area contributed by atoms with E-state index < -0.39 is 5.69 Å². The van der Waals surface area contributed by atoms with E-state index in [-0.39, 0.29) is 5.56 Å². The molecule has 2 aromatic carbocycles. The maximum Gasteiger partial charge on any atom is 0.329 e. The smallest absolute Gasteiger partial charge is 0.329 e. The molecule has 0 aliphatic carbocycles. The van der Waals surface area contributed by atoms with E-state index in [4.69, 9.17) is 4.98 Å². The van der Waals surface area contributed by atoms with Crippen LogP contribution in [0.25, 0.3) is 11.2 Å². The monoisotopic (exact) mass is 415 g/mol. The molecule has 0 amide bonds. The molecule has 0 bridgehead atoms. The third-order valence-corrected chi connectivity index (χ3v) is 6.09. The van der Waals surface area contributed by atoms with Crippen LogP contribution in [-0.4, -0.2) is 25.6 Å². The predicted octanol–water partition coefficient (Wildman–Crippen LogP) is 2.62. The number of hydrogen-bond acceptors (Lipinski definition) is 4. The summed E-state index contributed by atoms with van der Waals surface area (Å²) in [7, 11) is 1.65. The number of benzene rings is 2. The number of aryl methyl sites for hydroxylation is 3. The summed E-state index contributed by atoms with van der Waals surface area (Å²) in [5, 5.41) is 0. The highest BCUT2D eigenvalue weighted by Crippen LogP contribution is 2.26. The van der Waals surface area contributed by atoms with Gasteiger partial charge in [-0.2, -0.15) is 4.98 Å². The Bertz CT molecular complexity index is 1350. The third-order valence-electron chi connectivity index (χ3n) is 6.09. The lowest BCUT2D eigenvalue weighted by atomic mass is 10.0. The van der Waals surface area contributed by atoms with Crippen molar-refractivity contribution in [2.45, 2.75) is 32.4 Å². The molecule has 0 fully saturated rings. The number of hydrogen-bond donors (Lipinski definition) is 1. The van der Waals surface area contributed by atoms with Gasteiger partial charge < -0.3 is 9.47 Å². The third kappa shape index (κ3) is 3.56. The van der Waals surface area contributed by atoms with Crippen LogP contribution in [0.15, 0.2) is 64.2 Å². The van der Waals surface area contributed by atoms with E-state index in [9.17, 15) is 9.59 Å². The first-order valence-electron chi connectivity index (χ1n) is 10.7. The average molecular weight is 415 g/mol. The molecule has 7 heteroatoms. The maximum atomic E-state index is 12.8. The normalized spacial score (nSPS) is 13.5. The van der Waals surface area contributed by atoms with Gasteiger partial charge in [-0.15, -0.1) is 0 Å². The molecule has 5 rings (SSSR count). The number of aromatic nitrogens is 4. The quantitative estimate of drug-likeness (QED) is 0.544. The Balaban J connectivity index is 1.54. The van der Waals surface area contributed by atoms with E-state index in [1.54, 1.807) is 7.05 Å². The van der Waals surface area contributed by atoms with Crippen LogP contribution >= 0.6 is 0 Å². The zero-order chi connectivity index (χ0) is 21.4. The summed E-state index contributed by atoms with van der Waals surface area (Å²) < 4.78 is 3.41. The summed E-state index contributed by atoms with van der Waals surface area (Å²) in [4.78, 5) is 34.3. The van der Waals surface area contributed by atoms with Crippen molar-refractivity contribution >= 4 is 17.1 Å². The fraction of sp³-hybridized carbons (Fsp3) is 0.292. The lowest BCUT2D eigenvalue weighted by Gasteiger charge is -2.30. The molecule has 0 saturated carbocycles. The summed E-state index contributed by atoms with van der Waals surface area (Å²) in [5.41, 5.74) is 3.97. The van der Waals surface area contributed by atoms with Crippen molar-refractivity contribution in [3.05, 3.63) is 92.1 Å². The van der Waals surface area contributed by atoms with Crippen LogP contribution < -0.4 is 16.1 Å². The lowest BCUT2D eigenvalue weighted by molar-refractivity contribution is 0.620. The Morgan fingerprint density at radius 2 is 1.74 bits per heavy atom. The highest BCUT2D eigenvalue weighted by Gasteiger charge is 2.24. The van der Waals surface area contributed by atoms with E-state index in [0.717, 1.165) is 38.3 Å². The molecule has 2 aromatic heterocycles. The molecule has 7 nitrogen and oxygen atoms in total. The molecule has 0 atom stereocenters. The van der Waals surface area contributed by atoms with Crippen LogP contribution in [0.1, 0.15) is 23.1 Å². The minimum Gasteiger partial charge on any atom is -0.338 e. The SMILES string of the molecule is Cn1c(=O)[nH]c(=O)c2c1nc(N1CCc3ccccc3C1)n2CCCc1ccccc1. The molecule has 4 aromatic rings. The van der Waals surface area contributed by atoms with Gasteiger partial charge in [0.25, 0.3) is 5.56 Å². The van der Waals surface area contributed by atoms with Crippen LogP contribution in [0.3, 0.4) is 0 Å². The summed E-state index contributed by atoms with van der Waals surface area (Å²) >= 11 is 0. The Hall–Kier alpha value is -3.61. The molecule has 0 saturated heterocycles. The summed E-state index contributed by atoms with van der Waals surface area (Å²) in [6.45, 7) is 2.22. The molecule has 1 aliphatic rings. The Morgan fingerprint density at radius 1 is 1.00 bits per heavy atom. The number of anilines is 1. The number of nitrogens with one attached hydrogen (secondary N) is 1. The number of rotatable bonds is 5. The number of imidazole rings is 1. The second-order valence-corrected chi connectivity index (χ2v) is 8.08. The standard InChI is InChI=1S/C24H25N5O2/c1-27-21-20(22(30)26-24(27)31)29(14-7-10-17-8-3-2-4-9-17)23(25-21)28-15-13-18-11-5-6-12-19(18)16-28/h2-6,8-9,11-12H,7,10,13-16H2,1H3,(H,26,30,31). The Morgan fingerprint density at radius 3 is 2.55 bits per heavy atom. The Labute approximate surface area is 179 Å². The summed E-state index contributed by atoms with van der Waals surface area (Å²) in [5.74, 6) is 0.754. The number of aromatic amines is 1. The van der Waals surface area contributed by atoms with E-state index in [1.165, 1.54) is 21.3 Å². The highest BCUT2D eigenvalue weighted by atomic mass is 16.2. The zero-order valence-electron chi connectivity index (χ0n) is 17.5. The second-order valence-electron chi connectivity index (χ2n) is 8.08. The van der Waals surface area contributed by atoms with Crippen molar-refractivity contribution in [2.24, 2.45) is 7.05 Å². The molecular weight excluding hydrogens is 390 g/mol. The van der Waals surface area contributed by atoms with E-state index in [0.29, 0.717) is 17.7 Å². The van der Waals surface area contributed by atoms with E-state index in [2.05, 4.69) is 46.3 Å². The maximum absolute atomic E-state index is 12.8. The average Bonchev–Trinajstić information content (AvgIpc) is 3.18. The molecule has 3 heterocycles. The lowest BCUT2D eigenvalue weighted by Crippen LogP contribution is -2.33. The van der Waals surface area contributed by atoms with E-state index in [1.807, 2.05) is 22.8 Å². The minimum atomic E-state index is -0.443. The van der Waals surface area contributed by atoms with Crippen LogP contribution in [-0.2, 0) is 33.0 Å². The Kier molecular flexibility index (Phi) is 4.94. The fourth-order valence-corrected chi connectivity index (χ4v) is 4.43. The highest BCUT2D eigenvalue weighted by molar-refractivity contribution is 5.74. The van der Waals surface area contributed by atoms with Crippen molar-refractivity contribution in [2.75, 3.05) is 11.4 Å². The largest absolute Gasteiger partial charge is 0.338 e. The molecule has 158 valence electrons. The van der Waals surface area contributed by atoms with Crippen LogP contribution in [0.5, 0.6) is 0 Å². The van der Waals surface area contributed by atoms with Gasteiger partial charge in [-0.3, -0.25) is 14.3 Å². The minimum absolute atomic E-state index is 0.381. The van der Waals surface area contributed by atoms with E-state index >= 15 is 0 Å². The molecule has 31 heavy (non-hydrogen) atoms. The van der Waals surface area contributed by atoms with Crippen LogP contribution in [0.4, 0.5) is 5.95 Å². The predicted molar refractivity (Wildman–Crippen MR) is 122 cm³/mol. The van der Waals surface area contributed by atoms with Gasteiger partial charge in [-0.05, 0) is 36.0 Å². The van der Waals surface area contributed by atoms with Gasteiger partial charge in [-0.25, -0.2) is 4.79 Å². The number of fused-ring (bicyclic) bond motifs is 2. The second kappa shape index (κ2) is 7.91. The topological polar surface area (TPSA) is 75.9 Å². The van der Waals surface area contributed by atoms with Gasteiger partial charge in [0.1, 0.15) is 0 Å². The first kappa shape index (κ1) is 19.4. The molecule has 0 radical (unpaired) electrons. The van der Waals surface area contributed by atoms with Crippen molar-refractivity contribution in [3.63, 3.8) is 0 Å². The van der Waals surface area contributed by atoms with Crippen molar-refractivity contribution in [1.29, 1.82) is 0 Å². The van der Waals surface area contributed by atoms with Crippen LogP contribution in [0.2, 0.25) is 0 Å². The molecule has 0 unspecified atom stereocenters. The van der Waals surface area contributed by atoms with Gasteiger partial charge in [0.2, 0.25) is 5.95 Å². The van der Waals surface area contributed by atoms with Crippen molar-refractivity contribution in [3.8, 4) is 0 Å². The van der Waals surface area contributed by atoms with Crippen molar-refractivity contribution in [1.82, 2.24) is 19.1 Å². The van der Waals surface area contributed by atoms with Gasteiger partial charge >= 0.3 is 5.69 Å². The van der Waals surface area contributed by atoms with Gasteiger partial charge in [0, 0.05) is 26.7 Å². The summed E-state index contributed by atoms with van der Waals surface area (Å²) in [6.07, 6.45) is 2.71. The fourth-order valence-electron chi connectivity index (χ4n) is 4.43. The van der Waals surface area contributed by atoms with Gasteiger partial charge in [0.15, 0.2) is 11.2 Å². The number of H-pyrrole nitrogens is 1. The van der Waals surface area contributed by atoms with Gasteiger partial charge in [-0.1, -0.05) is 54.6 Å². The zero-order valence-corrected chi connectivity index (χ0v) is 17.5. The first-order chi connectivity index (χ1) is 15.1. The van der Waals surface area contributed by atoms with Crippen molar-refractivity contribution < 1.29 is 0 Å². The molecular formula is C24H25N5O2. The van der Waals surface area contributed by atoms with Gasteiger partial charge in [0.05, 0.1) is 0 Å². The molecule has 1 aliphatic heterocycles. The number of nitrogens with zero attached hydrogens (tertiary/aromatic N) is 4. The van der Waals surface area contributed by atoms with Crippen LogP contribution in [0, 0.1) is 0 Å². The first-order valence-corrected chi connectivity index (χ1v) is 10.7.